The number of esters is 1. The van der Waals surface area contributed by atoms with Gasteiger partial charge in [0.05, 0.1) is 30.8 Å². The van der Waals surface area contributed by atoms with Crippen molar-refractivity contribution in [2.24, 2.45) is 17.6 Å². The van der Waals surface area contributed by atoms with E-state index in [1.54, 1.807) is 18.4 Å². The fraction of sp³-hybridized carbons (Fsp3) is 0.531. The summed E-state index contributed by atoms with van der Waals surface area (Å²) in [6.07, 6.45) is 5.92. The number of ether oxygens (including phenoxy) is 2. The minimum atomic E-state index is -0.135. The Balaban J connectivity index is 0.00000200. The zero-order chi connectivity index (χ0) is 29.5. The first kappa shape index (κ1) is 33.5. The predicted molar refractivity (Wildman–Crippen MR) is 182 cm³/mol. The summed E-state index contributed by atoms with van der Waals surface area (Å²) in [6.45, 7) is 4.53. The van der Waals surface area contributed by atoms with Gasteiger partial charge in [0.25, 0.3) is 5.91 Å². The van der Waals surface area contributed by atoms with Crippen molar-refractivity contribution >= 4 is 69.3 Å². The molecule has 13 heteroatoms. The molecule has 45 heavy (non-hydrogen) atoms. The molecular formula is C32H42Cl2N6O4S. The number of hydrogen-bond acceptors (Lipinski definition) is 8. The van der Waals surface area contributed by atoms with Crippen LogP contribution in [0.25, 0.3) is 32.8 Å². The van der Waals surface area contributed by atoms with Gasteiger partial charge in [-0.2, -0.15) is 0 Å². The molecule has 2 saturated heterocycles. The maximum atomic E-state index is 13.6. The molecule has 4 aromatic rings. The van der Waals surface area contributed by atoms with Crippen LogP contribution < -0.4 is 15.8 Å². The standard InChI is InChI=1S/C32H40N6O4S.2ClH/c1-41-27-17-23(30(39)36-11-2-3-24(33)19-36)15-25-28(27)37(12-13-42-32(40)21-6-9-34-10-7-21)29(35-25)26-16-22-8-14-43-31(22)38(26)18-20-4-5-20;;/h8,14-17,20-21,24,34H,2-7,9-13,18-19,33H2,1H3;2*1H/t24-;;/m1../s1. The van der Waals surface area contributed by atoms with Crippen LogP contribution in [0.2, 0.25) is 0 Å². The molecule has 10 nitrogen and oxygen atoms in total. The Morgan fingerprint density at radius 3 is 2.62 bits per heavy atom. The van der Waals surface area contributed by atoms with Crippen molar-refractivity contribution in [3.8, 4) is 17.3 Å². The highest BCUT2D eigenvalue weighted by Crippen LogP contribution is 2.39. The van der Waals surface area contributed by atoms with Crippen molar-refractivity contribution in [1.82, 2.24) is 24.3 Å². The summed E-state index contributed by atoms with van der Waals surface area (Å²) in [5, 5.41) is 6.63. The Kier molecular flexibility index (Phi) is 10.7. The lowest BCUT2D eigenvalue weighted by molar-refractivity contribution is -0.149. The number of likely N-dealkylation sites (tertiary alicyclic amines) is 1. The van der Waals surface area contributed by atoms with Gasteiger partial charge in [0, 0.05) is 36.6 Å². The van der Waals surface area contributed by atoms with Gasteiger partial charge in [0.15, 0.2) is 5.82 Å². The van der Waals surface area contributed by atoms with E-state index in [9.17, 15) is 9.59 Å². The first-order valence-electron chi connectivity index (χ1n) is 15.6. The summed E-state index contributed by atoms with van der Waals surface area (Å²) in [6, 6.07) is 8.05. The van der Waals surface area contributed by atoms with Gasteiger partial charge in [-0.25, -0.2) is 4.98 Å². The number of nitrogens with zero attached hydrogens (tertiary/aromatic N) is 4. The molecule has 2 aliphatic heterocycles. The number of nitrogens with one attached hydrogen (secondary N) is 1. The minimum Gasteiger partial charge on any atom is -0.494 e. The number of rotatable bonds is 9. The van der Waals surface area contributed by atoms with Crippen LogP contribution in [0, 0.1) is 11.8 Å². The van der Waals surface area contributed by atoms with Crippen LogP contribution in [0.1, 0.15) is 48.9 Å². The maximum Gasteiger partial charge on any atom is 0.309 e. The molecule has 5 heterocycles. The molecule has 244 valence electrons. The Hall–Kier alpha value is -2.83. The van der Waals surface area contributed by atoms with Gasteiger partial charge in [0.1, 0.15) is 22.7 Å². The number of carbonyl (C=O) groups is 2. The fourth-order valence-corrected chi connectivity index (χ4v) is 7.52. The summed E-state index contributed by atoms with van der Waals surface area (Å²) in [5.41, 5.74) is 9.25. The van der Waals surface area contributed by atoms with Gasteiger partial charge in [-0.1, -0.05) is 0 Å². The predicted octanol–water partition coefficient (Wildman–Crippen LogP) is 5.09. The first-order chi connectivity index (χ1) is 21.0. The van der Waals surface area contributed by atoms with Crippen molar-refractivity contribution in [2.75, 3.05) is 39.9 Å². The largest absolute Gasteiger partial charge is 0.494 e. The Bertz CT molecular complexity index is 1660. The molecular weight excluding hydrogens is 635 g/mol. The third-order valence-electron chi connectivity index (χ3n) is 9.12. The van der Waals surface area contributed by atoms with Crippen molar-refractivity contribution < 1.29 is 19.1 Å². The van der Waals surface area contributed by atoms with E-state index in [-0.39, 0.29) is 55.3 Å². The van der Waals surface area contributed by atoms with E-state index in [0.29, 0.717) is 42.4 Å². The maximum absolute atomic E-state index is 13.6. The molecule has 1 atom stereocenters. The molecule has 1 saturated carbocycles. The monoisotopic (exact) mass is 676 g/mol. The molecule has 7 rings (SSSR count). The number of thiophene rings is 1. The van der Waals surface area contributed by atoms with Gasteiger partial charge >= 0.3 is 5.97 Å². The van der Waals surface area contributed by atoms with Gasteiger partial charge in [-0.05, 0) is 87.2 Å². The number of benzene rings is 1. The molecule has 3 aromatic heterocycles. The van der Waals surface area contributed by atoms with E-state index in [1.807, 2.05) is 17.0 Å². The summed E-state index contributed by atoms with van der Waals surface area (Å²) in [4.78, 5) is 34.7. The second-order valence-corrected chi connectivity index (χ2v) is 13.1. The number of piperidine rings is 2. The average Bonchev–Trinajstić information content (AvgIpc) is 3.45. The molecule has 3 fully saturated rings. The van der Waals surface area contributed by atoms with E-state index in [2.05, 4.69) is 32.0 Å². The fourth-order valence-electron chi connectivity index (χ4n) is 6.61. The van der Waals surface area contributed by atoms with Crippen LogP contribution in [0.5, 0.6) is 5.75 Å². The Morgan fingerprint density at radius 1 is 1.09 bits per heavy atom. The zero-order valence-corrected chi connectivity index (χ0v) is 28.0. The lowest BCUT2D eigenvalue weighted by Crippen LogP contribution is -2.45. The van der Waals surface area contributed by atoms with Crippen LogP contribution in [0.4, 0.5) is 0 Å². The Morgan fingerprint density at radius 2 is 1.89 bits per heavy atom. The van der Waals surface area contributed by atoms with Gasteiger partial charge < -0.3 is 34.6 Å². The van der Waals surface area contributed by atoms with Gasteiger partial charge in [-0.15, -0.1) is 36.2 Å². The molecule has 1 aromatic carbocycles. The molecule has 1 aliphatic carbocycles. The molecule has 0 bridgehead atoms. The Labute approximate surface area is 279 Å². The second-order valence-electron chi connectivity index (χ2n) is 12.2. The van der Waals surface area contributed by atoms with E-state index in [0.717, 1.165) is 62.4 Å². The lowest BCUT2D eigenvalue weighted by atomic mass is 9.99. The van der Waals surface area contributed by atoms with Crippen LogP contribution >= 0.6 is 36.2 Å². The highest BCUT2D eigenvalue weighted by Gasteiger charge is 2.29. The third kappa shape index (κ3) is 6.83. The van der Waals surface area contributed by atoms with Crippen molar-refractivity contribution in [3.63, 3.8) is 0 Å². The van der Waals surface area contributed by atoms with E-state index in [4.69, 9.17) is 20.2 Å². The van der Waals surface area contributed by atoms with Gasteiger partial charge in [0.2, 0.25) is 0 Å². The number of nitrogens with two attached hydrogens (primary N) is 1. The second kappa shape index (κ2) is 14.3. The number of halogens is 2. The summed E-state index contributed by atoms with van der Waals surface area (Å²) >= 11 is 1.75. The average molecular weight is 678 g/mol. The van der Waals surface area contributed by atoms with Crippen LogP contribution in [-0.2, 0) is 22.6 Å². The molecule has 0 radical (unpaired) electrons. The van der Waals surface area contributed by atoms with Crippen LogP contribution in [0.3, 0.4) is 0 Å². The van der Waals surface area contributed by atoms with Crippen molar-refractivity contribution in [3.05, 3.63) is 35.2 Å². The molecule has 0 unspecified atom stereocenters. The van der Waals surface area contributed by atoms with E-state index >= 15 is 0 Å². The molecule has 0 spiro atoms. The smallest absolute Gasteiger partial charge is 0.309 e. The third-order valence-corrected chi connectivity index (χ3v) is 10.1. The number of hydrogen-bond donors (Lipinski definition) is 2. The molecule has 3 N–H and O–H groups in total. The van der Waals surface area contributed by atoms with Gasteiger partial charge in [-0.3, -0.25) is 9.59 Å². The summed E-state index contributed by atoms with van der Waals surface area (Å²) < 4.78 is 16.2. The summed E-state index contributed by atoms with van der Waals surface area (Å²) in [5.74, 6) is 1.79. The van der Waals surface area contributed by atoms with Crippen molar-refractivity contribution in [2.45, 2.75) is 57.7 Å². The van der Waals surface area contributed by atoms with E-state index in [1.165, 1.54) is 23.1 Å². The molecule has 1 amide bonds. The SMILES string of the molecule is COc1cc(C(=O)N2CCC[C@@H](N)C2)cc2nc(-c3cc4ccsc4n3CC3CC3)n(CCOC(=O)C3CCNCC3)c12.Cl.Cl. The minimum absolute atomic E-state index is 0. The van der Waals surface area contributed by atoms with Crippen LogP contribution in [0.15, 0.2) is 29.6 Å². The van der Waals surface area contributed by atoms with E-state index < -0.39 is 0 Å². The molecule has 3 aliphatic rings. The summed E-state index contributed by atoms with van der Waals surface area (Å²) in [7, 11) is 1.62. The van der Waals surface area contributed by atoms with Crippen molar-refractivity contribution in [1.29, 1.82) is 0 Å². The number of methoxy groups -OCH3 is 1. The number of amides is 1. The zero-order valence-electron chi connectivity index (χ0n) is 25.5. The quantitative estimate of drug-likeness (QED) is 0.237. The lowest BCUT2D eigenvalue weighted by Gasteiger charge is -2.30. The topological polar surface area (TPSA) is 117 Å². The normalized spacial score (nSPS) is 18.9. The number of fused-ring (bicyclic) bond motifs is 2. The number of imidazole rings is 1. The number of aromatic nitrogens is 3. The first-order valence-corrected chi connectivity index (χ1v) is 16.5. The number of carbonyl (C=O) groups excluding carboxylic acids is 2. The highest BCUT2D eigenvalue weighted by atomic mass is 35.5. The highest BCUT2D eigenvalue weighted by molar-refractivity contribution is 7.16. The van der Waals surface area contributed by atoms with Crippen LogP contribution in [-0.4, -0.2) is 76.8 Å².